The number of non-ortho nitro benzene ring substituents is 1. The van der Waals surface area contributed by atoms with Crippen molar-refractivity contribution in [3.05, 3.63) is 85.3 Å². The number of hydrogen-bond acceptors (Lipinski definition) is 5. The summed E-state index contributed by atoms with van der Waals surface area (Å²) in [5.74, 6) is -0.127. The number of benzene rings is 2. The Kier molecular flexibility index (Phi) is 6.99. The minimum atomic E-state index is -0.421. The highest BCUT2D eigenvalue weighted by Gasteiger charge is 2.24. The Bertz CT molecular complexity index is 1210. The Hall–Kier alpha value is -3.32. The van der Waals surface area contributed by atoms with Gasteiger partial charge >= 0.3 is 0 Å². The first kappa shape index (κ1) is 22.9. The van der Waals surface area contributed by atoms with Crippen molar-refractivity contribution in [2.24, 2.45) is 4.99 Å². The summed E-state index contributed by atoms with van der Waals surface area (Å²) in [6.45, 7) is 4.04. The van der Waals surface area contributed by atoms with Crippen LogP contribution in [0, 0.1) is 24.0 Å². The van der Waals surface area contributed by atoms with Crippen LogP contribution in [-0.4, -0.2) is 17.0 Å². The highest BCUT2D eigenvalue weighted by atomic mass is 32.1. The van der Waals surface area contributed by atoms with E-state index in [1.807, 2.05) is 32.0 Å². The van der Waals surface area contributed by atoms with E-state index in [-0.39, 0.29) is 11.6 Å². The zero-order chi connectivity index (χ0) is 23.4. The van der Waals surface area contributed by atoms with E-state index in [0.29, 0.717) is 10.6 Å². The second-order valence-corrected chi connectivity index (χ2v) is 9.49. The van der Waals surface area contributed by atoms with Gasteiger partial charge in [-0.2, -0.15) is 0 Å². The van der Waals surface area contributed by atoms with Gasteiger partial charge in [0, 0.05) is 28.9 Å². The predicted molar refractivity (Wildman–Crippen MR) is 134 cm³/mol. The van der Waals surface area contributed by atoms with Gasteiger partial charge < -0.3 is 5.32 Å². The average molecular weight is 462 g/mol. The first-order valence-electron chi connectivity index (χ1n) is 11.2. The molecule has 1 aliphatic rings. The topological polar surface area (TPSA) is 84.6 Å². The molecular weight excluding hydrogens is 434 g/mol. The molecule has 1 aromatic heterocycles. The van der Waals surface area contributed by atoms with Crippen LogP contribution in [0.5, 0.6) is 0 Å². The van der Waals surface area contributed by atoms with Gasteiger partial charge in [0.05, 0.1) is 10.5 Å². The molecule has 0 bridgehead atoms. The van der Waals surface area contributed by atoms with Gasteiger partial charge in [-0.25, -0.2) is 4.99 Å². The van der Waals surface area contributed by atoms with E-state index in [1.54, 1.807) is 29.7 Å². The lowest BCUT2D eigenvalue weighted by Crippen LogP contribution is -2.15. The first-order valence-corrected chi connectivity index (χ1v) is 12.1. The summed E-state index contributed by atoms with van der Waals surface area (Å²) in [6, 6.07) is 12.2. The largest absolute Gasteiger partial charge is 0.322 e. The molecule has 33 heavy (non-hydrogen) atoms. The van der Waals surface area contributed by atoms with Gasteiger partial charge in [-0.1, -0.05) is 25.0 Å². The lowest BCUT2D eigenvalue weighted by atomic mass is 9.96. The summed E-state index contributed by atoms with van der Waals surface area (Å²) >= 11 is 1.59. The fourth-order valence-corrected chi connectivity index (χ4v) is 5.35. The van der Waals surface area contributed by atoms with Gasteiger partial charge in [-0.3, -0.25) is 14.9 Å². The molecule has 0 spiro atoms. The van der Waals surface area contributed by atoms with Gasteiger partial charge in [0.2, 0.25) is 0 Å². The van der Waals surface area contributed by atoms with Gasteiger partial charge in [-0.05, 0) is 80.0 Å². The van der Waals surface area contributed by atoms with Crippen molar-refractivity contribution in [2.45, 2.75) is 52.4 Å². The van der Waals surface area contributed by atoms with Crippen LogP contribution in [0.2, 0.25) is 0 Å². The molecule has 0 fully saturated rings. The third kappa shape index (κ3) is 5.20. The van der Waals surface area contributed by atoms with E-state index < -0.39 is 4.92 Å². The van der Waals surface area contributed by atoms with Crippen LogP contribution in [-0.2, 0) is 12.8 Å². The Morgan fingerprint density at radius 3 is 2.52 bits per heavy atom. The highest BCUT2D eigenvalue weighted by molar-refractivity contribution is 7.16. The van der Waals surface area contributed by atoms with Crippen LogP contribution < -0.4 is 5.32 Å². The maximum absolute atomic E-state index is 13.5. The number of amides is 1. The lowest BCUT2D eigenvalue weighted by Gasteiger charge is -2.13. The Morgan fingerprint density at radius 2 is 1.79 bits per heavy atom. The van der Waals surface area contributed by atoms with E-state index in [0.717, 1.165) is 53.6 Å². The molecule has 0 radical (unpaired) electrons. The molecule has 1 aliphatic carbocycles. The first-order chi connectivity index (χ1) is 15.9. The van der Waals surface area contributed by atoms with E-state index in [9.17, 15) is 14.9 Å². The number of aryl methyl sites for hydroxylation is 2. The van der Waals surface area contributed by atoms with E-state index in [1.165, 1.54) is 29.9 Å². The quantitative estimate of drug-likeness (QED) is 0.254. The number of rotatable bonds is 5. The molecule has 3 aromatic rings. The molecular formula is C26H27N3O3S. The molecule has 1 amide bonds. The molecule has 170 valence electrons. The van der Waals surface area contributed by atoms with Crippen molar-refractivity contribution >= 4 is 39.8 Å². The number of anilines is 1. The van der Waals surface area contributed by atoms with Crippen molar-refractivity contribution in [1.82, 2.24) is 0 Å². The molecule has 7 heteroatoms. The molecule has 1 heterocycles. The Labute approximate surface area is 197 Å². The SMILES string of the molecule is Cc1cccc(NC(=O)c2c(N=Cc3ccc([N+](=O)[O-])cc3)sc3c2CCCCCC3)c1C. The maximum Gasteiger partial charge on any atom is 0.269 e. The molecule has 0 unspecified atom stereocenters. The van der Waals surface area contributed by atoms with Crippen LogP contribution >= 0.6 is 11.3 Å². The standard InChI is InChI=1S/C26H27N3O3S/c1-17-8-7-10-22(18(17)2)28-25(30)24-21-9-5-3-4-6-11-23(21)33-26(24)27-16-19-12-14-20(15-13-19)29(31)32/h7-8,10,12-16H,3-6,9,11H2,1-2H3,(H,28,30). The van der Waals surface area contributed by atoms with Crippen molar-refractivity contribution in [2.75, 3.05) is 5.32 Å². The van der Waals surface area contributed by atoms with Crippen LogP contribution in [0.1, 0.15) is 63.2 Å². The zero-order valence-corrected chi connectivity index (χ0v) is 19.7. The van der Waals surface area contributed by atoms with Crippen molar-refractivity contribution in [3.63, 3.8) is 0 Å². The second-order valence-electron chi connectivity index (χ2n) is 8.41. The molecule has 0 aliphatic heterocycles. The van der Waals surface area contributed by atoms with Crippen LogP contribution in [0.3, 0.4) is 0 Å². The fraction of sp³-hybridized carbons (Fsp3) is 0.308. The predicted octanol–water partition coefficient (Wildman–Crippen LogP) is 6.94. The summed E-state index contributed by atoms with van der Waals surface area (Å²) in [6.07, 6.45) is 8.11. The fourth-order valence-electron chi connectivity index (χ4n) is 4.12. The summed E-state index contributed by atoms with van der Waals surface area (Å²) in [5, 5.41) is 14.7. The lowest BCUT2D eigenvalue weighted by molar-refractivity contribution is -0.384. The molecule has 4 rings (SSSR count). The van der Waals surface area contributed by atoms with Crippen molar-refractivity contribution < 1.29 is 9.72 Å². The number of aliphatic imine (C=N–C) groups is 1. The number of nitro benzene ring substituents is 1. The molecule has 1 N–H and O–H groups in total. The molecule has 0 saturated heterocycles. The number of hydrogen-bond donors (Lipinski definition) is 1. The van der Waals surface area contributed by atoms with Crippen LogP contribution in [0.15, 0.2) is 47.5 Å². The number of nitrogens with one attached hydrogen (secondary N) is 1. The molecule has 0 atom stereocenters. The summed E-state index contributed by atoms with van der Waals surface area (Å²) in [7, 11) is 0. The minimum absolute atomic E-state index is 0.0415. The normalized spacial score (nSPS) is 13.9. The number of nitrogens with zero attached hydrogens (tertiary/aromatic N) is 2. The minimum Gasteiger partial charge on any atom is -0.322 e. The number of carbonyl (C=O) groups is 1. The smallest absolute Gasteiger partial charge is 0.269 e. The number of carbonyl (C=O) groups excluding carboxylic acids is 1. The van der Waals surface area contributed by atoms with Gasteiger partial charge in [0.15, 0.2) is 0 Å². The number of thiophene rings is 1. The van der Waals surface area contributed by atoms with Crippen LogP contribution in [0.25, 0.3) is 0 Å². The van der Waals surface area contributed by atoms with E-state index >= 15 is 0 Å². The Balaban J connectivity index is 1.70. The summed E-state index contributed by atoms with van der Waals surface area (Å²) < 4.78 is 0. The highest BCUT2D eigenvalue weighted by Crippen LogP contribution is 2.39. The molecule has 0 saturated carbocycles. The monoisotopic (exact) mass is 461 g/mol. The third-order valence-electron chi connectivity index (χ3n) is 6.17. The maximum atomic E-state index is 13.5. The van der Waals surface area contributed by atoms with Gasteiger partial charge in [-0.15, -0.1) is 11.3 Å². The number of nitro groups is 1. The zero-order valence-electron chi connectivity index (χ0n) is 18.9. The summed E-state index contributed by atoms with van der Waals surface area (Å²) in [4.78, 5) is 29.9. The molecule has 6 nitrogen and oxygen atoms in total. The molecule has 2 aromatic carbocycles. The second kappa shape index (κ2) is 10.1. The Morgan fingerprint density at radius 1 is 1.06 bits per heavy atom. The van der Waals surface area contributed by atoms with Crippen molar-refractivity contribution in [3.8, 4) is 0 Å². The summed E-state index contributed by atoms with van der Waals surface area (Å²) in [5.41, 5.74) is 5.58. The van der Waals surface area contributed by atoms with E-state index in [2.05, 4.69) is 10.3 Å². The average Bonchev–Trinajstić information content (AvgIpc) is 3.12. The van der Waals surface area contributed by atoms with Gasteiger partial charge in [0.25, 0.3) is 11.6 Å². The third-order valence-corrected chi connectivity index (χ3v) is 7.37. The van der Waals surface area contributed by atoms with E-state index in [4.69, 9.17) is 0 Å². The van der Waals surface area contributed by atoms with Gasteiger partial charge in [0.1, 0.15) is 5.00 Å². The van der Waals surface area contributed by atoms with Crippen LogP contribution in [0.4, 0.5) is 16.4 Å². The number of fused-ring (bicyclic) bond motifs is 1. The van der Waals surface area contributed by atoms with Crippen molar-refractivity contribution in [1.29, 1.82) is 0 Å².